The van der Waals surface area contributed by atoms with E-state index < -0.39 is 0 Å². The molecule has 1 N–H and O–H groups in total. The topological polar surface area (TPSA) is 20.2 Å². The molecule has 3 heterocycles. The summed E-state index contributed by atoms with van der Waals surface area (Å²) in [7, 11) is 0. The van der Waals surface area contributed by atoms with Crippen LogP contribution in [0.3, 0.4) is 0 Å². The molecule has 0 fully saturated rings. The summed E-state index contributed by atoms with van der Waals surface area (Å²) in [5, 5.41) is 18.6. The fourth-order valence-corrected chi connectivity index (χ4v) is 12.8. The summed E-state index contributed by atoms with van der Waals surface area (Å²) in [5.74, 6) is 0.263. The van der Waals surface area contributed by atoms with E-state index in [-0.39, 0.29) is 5.75 Å². The van der Waals surface area contributed by atoms with E-state index in [0.717, 1.165) is 22.3 Å². The predicted octanol–water partition coefficient (Wildman–Crippen LogP) is 11.8. The van der Waals surface area contributed by atoms with E-state index >= 15 is 0 Å². The van der Waals surface area contributed by atoms with Gasteiger partial charge in [0.05, 0.1) is 0 Å². The summed E-state index contributed by atoms with van der Waals surface area (Å²) in [6, 6.07) is 57.3. The molecule has 9 aromatic carbocycles. The zero-order chi connectivity index (χ0) is 34.8. The molecule has 1 nitrogen and oxygen atoms in total. The second-order valence-corrected chi connectivity index (χ2v) is 17.4. The summed E-state index contributed by atoms with van der Waals surface area (Å²) in [4.78, 5) is 8.24. The van der Waals surface area contributed by atoms with Gasteiger partial charge in [0.2, 0.25) is 6.71 Å². The van der Waals surface area contributed by atoms with Gasteiger partial charge in [0.1, 0.15) is 5.75 Å². The summed E-state index contributed by atoms with van der Waals surface area (Å²) in [5.41, 5.74) is 11.0. The maximum absolute atomic E-state index is 11.1. The van der Waals surface area contributed by atoms with Crippen molar-refractivity contribution in [2.45, 2.75) is 29.4 Å². The van der Waals surface area contributed by atoms with Gasteiger partial charge >= 0.3 is 0 Å². The largest absolute Gasteiger partial charge is 0.508 e. The van der Waals surface area contributed by atoms with Crippen molar-refractivity contribution in [3.63, 3.8) is 0 Å². The van der Waals surface area contributed by atoms with Crippen LogP contribution in [0.4, 0.5) is 0 Å². The van der Waals surface area contributed by atoms with Crippen LogP contribution in [0.25, 0.3) is 65.7 Å². The molecule has 0 unspecified atom stereocenters. The number of hydrogen-bond acceptors (Lipinski definition) is 4. The van der Waals surface area contributed by atoms with Crippen LogP contribution in [-0.4, -0.2) is 11.8 Å². The van der Waals surface area contributed by atoms with Crippen LogP contribution in [0, 0.1) is 0 Å². The van der Waals surface area contributed by atoms with E-state index in [1.54, 1.807) is 0 Å². The number of phenolic OH excluding ortho intramolecular Hbond substituents is 1. The van der Waals surface area contributed by atoms with Crippen LogP contribution in [0.15, 0.2) is 187 Å². The molecule has 246 valence electrons. The lowest BCUT2D eigenvalue weighted by molar-refractivity contribution is 0.476. The van der Waals surface area contributed by atoms with Crippen LogP contribution >= 0.6 is 35.3 Å². The van der Waals surface area contributed by atoms with Crippen molar-refractivity contribution in [1.82, 2.24) is 0 Å². The highest BCUT2D eigenvalue weighted by Crippen LogP contribution is 2.46. The van der Waals surface area contributed by atoms with Crippen LogP contribution in [0.1, 0.15) is 0 Å². The third-order valence-electron chi connectivity index (χ3n) is 11.2. The summed E-state index contributed by atoms with van der Waals surface area (Å²) in [6.45, 7) is 0.291. The normalized spacial score (nSPS) is 13.5. The van der Waals surface area contributed by atoms with E-state index in [9.17, 15) is 5.11 Å². The Kier molecular flexibility index (Phi) is 6.45. The summed E-state index contributed by atoms with van der Waals surface area (Å²) in [6.07, 6.45) is 0. The van der Waals surface area contributed by atoms with E-state index in [0.29, 0.717) is 6.71 Å². The Hall–Kier alpha value is -5.33. The molecule has 0 atom stereocenters. The Balaban J connectivity index is 0.967. The fraction of sp³-hybridized carbons (Fsp3) is 0. The minimum absolute atomic E-state index is 0.263. The Morgan fingerprint density at radius 1 is 0.302 bits per heavy atom. The highest BCUT2D eigenvalue weighted by atomic mass is 32.2. The van der Waals surface area contributed by atoms with Crippen LogP contribution in [0.5, 0.6) is 5.75 Å². The van der Waals surface area contributed by atoms with E-state index in [4.69, 9.17) is 0 Å². The quantitative estimate of drug-likeness (QED) is 0.144. The van der Waals surface area contributed by atoms with Gasteiger partial charge in [-0.25, -0.2) is 0 Å². The number of phenols is 1. The van der Waals surface area contributed by atoms with Crippen LogP contribution < -0.4 is 16.4 Å². The Morgan fingerprint density at radius 3 is 1.25 bits per heavy atom. The monoisotopic (exact) mass is 726 g/mol. The standard InChI is InChI=1S/C48H27BOS3/c50-33-22-30(21-31(23-33)29-18-19-38-36-12-2-1-10-34(36)35-11-3-4-13-37(35)39(38)24-29)27-8-5-9-28(20-27)32-25-44-48-45(26-32)53-43-17-7-15-41-47(43)49(48)46-40(51-41)14-6-16-42(46)52-44/h1-26,50H. The third-order valence-corrected chi connectivity index (χ3v) is 14.6. The lowest BCUT2D eigenvalue weighted by Gasteiger charge is -2.38. The van der Waals surface area contributed by atoms with Gasteiger partial charge in [0, 0.05) is 29.4 Å². The van der Waals surface area contributed by atoms with Gasteiger partial charge < -0.3 is 5.11 Å². The lowest BCUT2D eigenvalue weighted by Crippen LogP contribution is -2.60. The van der Waals surface area contributed by atoms with Crippen molar-refractivity contribution in [3.05, 3.63) is 158 Å². The Labute approximate surface area is 320 Å². The molecule has 0 spiro atoms. The van der Waals surface area contributed by atoms with Crippen molar-refractivity contribution in [1.29, 1.82) is 0 Å². The number of rotatable bonds is 3. The second-order valence-electron chi connectivity index (χ2n) is 14.2. The first-order chi connectivity index (χ1) is 26.1. The Bertz CT molecular complexity index is 2970. The molecule has 0 saturated heterocycles. The van der Waals surface area contributed by atoms with Gasteiger partial charge in [-0.2, -0.15) is 0 Å². The zero-order valence-electron chi connectivity index (χ0n) is 28.3. The molecule has 9 aromatic rings. The smallest absolute Gasteiger partial charge is 0.250 e. The first-order valence-electron chi connectivity index (χ1n) is 17.9. The molecule has 0 radical (unpaired) electrons. The summed E-state index contributed by atoms with van der Waals surface area (Å²) >= 11 is 5.77. The van der Waals surface area contributed by atoms with Crippen molar-refractivity contribution < 1.29 is 5.11 Å². The van der Waals surface area contributed by atoms with Gasteiger partial charge in [0.15, 0.2) is 0 Å². The number of hydrogen-bond donors (Lipinski definition) is 1. The molecule has 0 amide bonds. The molecule has 0 saturated carbocycles. The number of fused-ring (bicyclic) bond motifs is 6. The van der Waals surface area contributed by atoms with Gasteiger partial charge in [-0.05, 0) is 149 Å². The van der Waals surface area contributed by atoms with Crippen molar-refractivity contribution in [2.75, 3.05) is 0 Å². The lowest BCUT2D eigenvalue weighted by atomic mass is 9.36. The van der Waals surface area contributed by atoms with Crippen LogP contribution in [-0.2, 0) is 0 Å². The average molecular weight is 727 g/mol. The van der Waals surface area contributed by atoms with Gasteiger partial charge in [0.25, 0.3) is 0 Å². The first-order valence-corrected chi connectivity index (χ1v) is 20.4. The molecule has 12 rings (SSSR count). The molecular weight excluding hydrogens is 700 g/mol. The van der Waals surface area contributed by atoms with Crippen LogP contribution in [0.2, 0.25) is 0 Å². The minimum Gasteiger partial charge on any atom is -0.508 e. The molecule has 0 aromatic heterocycles. The van der Waals surface area contributed by atoms with Gasteiger partial charge in [-0.3, -0.25) is 0 Å². The van der Waals surface area contributed by atoms with Crippen molar-refractivity contribution in [3.8, 4) is 39.1 Å². The molecule has 5 heteroatoms. The molecular formula is C48H27BOS3. The SMILES string of the molecule is Oc1cc(-c2cccc(-c3cc4c5c(c3)Sc3cccc6c3B5c3c(cccc3S4)S6)c2)cc(-c2ccc3c4ccccc4c4ccccc4c3c2)c1. The zero-order valence-corrected chi connectivity index (χ0v) is 30.7. The highest BCUT2D eigenvalue weighted by Gasteiger charge is 2.43. The van der Waals surface area contributed by atoms with Gasteiger partial charge in [-0.1, -0.05) is 126 Å². The maximum atomic E-state index is 11.1. The predicted molar refractivity (Wildman–Crippen MR) is 227 cm³/mol. The fourth-order valence-electron chi connectivity index (χ4n) is 8.89. The first kappa shape index (κ1) is 30.2. The van der Waals surface area contributed by atoms with E-state index in [1.807, 2.05) is 47.4 Å². The minimum atomic E-state index is 0.263. The average Bonchev–Trinajstić information content (AvgIpc) is 3.20. The number of benzene rings is 9. The van der Waals surface area contributed by atoms with E-state index in [1.165, 1.54) is 89.2 Å². The number of aromatic hydroxyl groups is 1. The maximum Gasteiger partial charge on any atom is 0.250 e. The second kappa shape index (κ2) is 11.3. The van der Waals surface area contributed by atoms with Crippen molar-refractivity contribution in [2.24, 2.45) is 0 Å². The highest BCUT2D eigenvalue weighted by molar-refractivity contribution is 8.02. The summed E-state index contributed by atoms with van der Waals surface area (Å²) < 4.78 is 0. The Morgan fingerprint density at radius 2 is 0.698 bits per heavy atom. The third kappa shape index (κ3) is 4.51. The molecule has 3 aliphatic heterocycles. The molecule has 53 heavy (non-hydrogen) atoms. The molecule has 0 aliphatic carbocycles. The molecule has 3 aliphatic rings. The molecule has 0 bridgehead atoms. The van der Waals surface area contributed by atoms with E-state index in [2.05, 4.69) is 146 Å². The van der Waals surface area contributed by atoms with Gasteiger partial charge in [-0.15, -0.1) is 0 Å². The van der Waals surface area contributed by atoms with Crippen molar-refractivity contribution >= 4 is 90.7 Å².